The van der Waals surface area contributed by atoms with Crippen LogP contribution in [0.3, 0.4) is 0 Å². The molecule has 0 spiro atoms. The summed E-state index contributed by atoms with van der Waals surface area (Å²) in [6.07, 6.45) is 13.7. The zero-order valence-corrected chi connectivity index (χ0v) is 20.8. The van der Waals surface area contributed by atoms with Crippen LogP contribution >= 0.6 is 0 Å². The van der Waals surface area contributed by atoms with Gasteiger partial charge in [-0.05, 0) is 25.7 Å². The second-order valence-corrected chi connectivity index (χ2v) is 8.76. The quantitative estimate of drug-likeness (QED) is 0.230. The molecule has 2 atom stereocenters. The third kappa shape index (κ3) is 18.6. The summed E-state index contributed by atoms with van der Waals surface area (Å²) in [6.45, 7) is 4.31. The van der Waals surface area contributed by atoms with Crippen LogP contribution < -0.4 is 51.4 Å². The van der Waals surface area contributed by atoms with Gasteiger partial charge in [-0.1, -0.05) is 84.5 Å². The molecule has 0 saturated heterocycles. The fourth-order valence-electron chi connectivity index (χ4n) is 3.11. The van der Waals surface area contributed by atoms with Gasteiger partial charge in [0.15, 0.2) is 0 Å². The maximum absolute atomic E-state index is 11.4. The predicted octanol–water partition coefficient (Wildman–Crippen LogP) is 2.16. The number of hydrogen-bond acceptors (Lipinski definition) is 4. The van der Waals surface area contributed by atoms with E-state index < -0.39 is 15.4 Å². The van der Waals surface area contributed by atoms with Crippen LogP contribution in [0.4, 0.5) is 0 Å². The molecule has 0 aromatic rings. The van der Waals surface area contributed by atoms with Crippen molar-refractivity contribution in [2.75, 3.05) is 0 Å². The Morgan fingerprint density at radius 2 is 1.08 bits per heavy atom. The van der Waals surface area contributed by atoms with E-state index in [1.165, 1.54) is 19.3 Å². The van der Waals surface area contributed by atoms with Gasteiger partial charge in [0.1, 0.15) is 0 Å². The molecule has 0 saturated carbocycles. The van der Waals surface area contributed by atoms with E-state index >= 15 is 0 Å². The number of aliphatic hydroxyl groups is 1. The van der Waals surface area contributed by atoms with E-state index in [0.29, 0.717) is 25.7 Å². The van der Waals surface area contributed by atoms with Crippen molar-refractivity contribution in [3.63, 3.8) is 0 Å². The molecule has 0 radical (unpaired) electrons. The van der Waals surface area contributed by atoms with Crippen molar-refractivity contribution in [3.8, 4) is 0 Å². The molecule has 0 aliphatic heterocycles. The van der Waals surface area contributed by atoms with Crippen LogP contribution in [-0.2, 0) is 10.1 Å². The fourth-order valence-corrected chi connectivity index (χ4v) is 4.02. The Hall–Kier alpha value is 1.51. The summed E-state index contributed by atoms with van der Waals surface area (Å²) in [7, 11) is -4.19. The first kappa shape index (κ1) is 28.7. The molecule has 4 nitrogen and oxygen atoms in total. The Balaban J connectivity index is 0. The molecule has 25 heavy (non-hydrogen) atoms. The Bertz CT molecular complexity index is 374. The number of hydrogen-bond donors (Lipinski definition) is 1. The summed E-state index contributed by atoms with van der Waals surface area (Å²) >= 11 is 0. The molecule has 6 heteroatoms. The summed E-state index contributed by atoms with van der Waals surface area (Å²) in [5.41, 5.74) is 0. The van der Waals surface area contributed by atoms with Crippen molar-refractivity contribution in [1.29, 1.82) is 0 Å². The van der Waals surface area contributed by atoms with Crippen molar-refractivity contribution in [1.82, 2.24) is 0 Å². The van der Waals surface area contributed by atoms with Crippen molar-refractivity contribution in [2.24, 2.45) is 0 Å². The van der Waals surface area contributed by atoms with Gasteiger partial charge in [-0.25, -0.2) is 8.42 Å². The molecule has 0 amide bonds. The summed E-state index contributed by atoms with van der Waals surface area (Å²) in [4.78, 5) is 0. The van der Waals surface area contributed by atoms with Gasteiger partial charge in [0.25, 0.3) is 0 Å². The van der Waals surface area contributed by atoms with Crippen LogP contribution in [0.5, 0.6) is 0 Å². The zero-order valence-electron chi connectivity index (χ0n) is 16.8. The second-order valence-electron chi connectivity index (χ2n) is 7.11. The molecule has 1 N–H and O–H groups in total. The third-order valence-electron chi connectivity index (χ3n) is 4.74. The summed E-state index contributed by atoms with van der Waals surface area (Å²) < 4.78 is 34.2. The van der Waals surface area contributed by atoms with Crippen molar-refractivity contribution in [3.05, 3.63) is 0 Å². The molecule has 0 aromatic carbocycles. The van der Waals surface area contributed by atoms with E-state index in [9.17, 15) is 18.1 Å². The normalized spacial score (nSPS) is 14.1. The van der Waals surface area contributed by atoms with E-state index in [4.69, 9.17) is 0 Å². The average molecular weight is 403 g/mol. The molecule has 0 rings (SSSR count). The standard InChI is InChI=1S/C19H40O4S.K/c1-3-5-7-8-9-11-16-19(24(21,22)23)17-13-12-15-18(20)14-10-6-4-2;/h18-20H,3-17H2,1-2H3,(H,21,22,23);/q;+1/p-1. The minimum atomic E-state index is -4.19. The Morgan fingerprint density at radius 3 is 1.60 bits per heavy atom. The van der Waals surface area contributed by atoms with Crippen LogP contribution in [0.2, 0.25) is 0 Å². The van der Waals surface area contributed by atoms with Gasteiger partial charge < -0.3 is 9.66 Å². The molecule has 0 aromatic heterocycles. The first-order chi connectivity index (χ1) is 11.4. The maximum Gasteiger partial charge on any atom is 1.00 e. The monoisotopic (exact) mass is 402 g/mol. The first-order valence-corrected chi connectivity index (χ1v) is 11.5. The zero-order chi connectivity index (χ0) is 18.3. The molecule has 0 fully saturated rings. The fraction of sp³-hybridized carbons (Fsp3) is 1.00. The van der Waals surface area contributed by atoms with Crippen molar-refractivity contribution in [2.45, 2.75) is 122 Å². The van der Waals surface area contributed by atoms with Crippen molar-refractivity contribution >= 4 is 10.1 Å². The molecular weight excluding hydrogens is 363 g/mol. The average Bonchev–Trinajstić information content (AvgIpc) is 2.51. The largest absolute Gasteiger partial charge is 1.00 e. The Morgan fingerprint density at radius 1 is 0.720 bits per heavy atom. The summed E-state index contributed by atoms with van der Waals surface area (Å²) in [5.74, 6) is 0. The van der Waals surface area contributed by atoms with E-state index in [1.54, 1.807) is 0 Å². The molecule has 0 aliphatic carbocycles. The van der Waals surface area contributed by atoms with E-state index in [1.807, 2.05) is 0 Å². The van der Waals surface area contributed by atoms with E-state index in [-0.39, 0.29) is 57.5 Å². The summed E-state index contributed by atoms with van der Waals surface area (Å²) in [6, 6.07) is 0. The Labute approximate surface area is 199 Å². The van der Waals surface area contributed by atoms with Crippen LogP contribution in [0, 0.1) is 0 Å². The van der Waals surface area contributed by atoms with Crippen molar-refractivity contribution < 1.29 is 69.5 Å². The number of aliphatic hydroxyl groups excluding tert-OH is 1. The molecule has 146 valence electrons. The van der Waals surface area contributed by atoms with Gasteiger partial charge >= 0.3 is 51.4 Å². The van der Waals surface area contributed by atoms with Crippen LogP contribution in [0.25, 0.3) is 0 Å². The molecular formula is C19H39KO4S. The minimum Gasteiger partial charge on any atom is -0.748 e. The van der Waals surface area contributed by atoms with Crippen LogP contribution in [0.1, 0.15) is 110 Å². The van der Waals surface area contributed by atoms with Gasteiger partial charge in [-0.3, -0.25) is 0 Å². The van der Waals surface area contributed by atoms with Crippen LogP contribution in [-0.4, -0.2) is 29.4 Å². The topological polar surface area (TPSA) is 77.4 Å². The van der Waals surface area contributed by atoms with E-state index in [0.717, 1.165) is 51.4 Å². The number of unbranched alkanes of at least 4 members (excludes halogenated alkanes) is 8. The third-order valence-corrected chi connectivity index (χ3v) is 6.03. The molecule has 0 bridgehead atoms. The number of rotatable bonds is 17. The van der Waals surface area contributed by atoms with Gasteiger partial charge in [0.05, 0.1) is 16.2 Å². The molecule has 2 unspecified atom stereocenters. The Kier molecular flexibility index (Phi) is 21.7. The van der Waals surface area contributed by atoms with E-state index in [2.05, 4.69) is 13.8 Å². The van der Waals surface area contributed by atoms with Crippen LogP contribution in [0.15, 0.2) is 0 Å². The summed E-state index contributed by atoms with van der Waals surface area (Å²) in [5, 5.41) is 9.13. The first-order valence-electron chi connectivity index (χ1n) is 10.0. The predicted molar refractivity (Wildman–Crippen MR) is 100 cm³/mol. The van der Waals surface area contributed by atoms with Gasteiger partial charge in [-0.15, -0.1) is 0 Å². The SMILES string of the molecule is CCCCCCCCC(CCCCC(O)CCCCC)S(=O)(=O)[O-].[K+]. The second kappa shape index (κ2) is 18.9. The van der Waals surface area contributed by atoms with Gasteiger partial charge in [0.2, 0.25) is 0 Å². The van der Waals surface area contributed by atoms with Gasteiger partial charge in [-0.2, -0.15) is 0 Å². The maximum atomic E-state index is 11.4. The molecule has 0 heterocycles. The molecule has 0 aliphatic rings. The smallest absolute Gasteiger partial charge is 0.748 e. The van der Waals surface area contributed by atoms with Gasteiger partial charge in [0, 0.05) is 5.25 Å². The minimum absolute atomic E-state index is 0.